The minimum absolute atomic E-state index is 0.132. The Balaban J connectivity index is 4.86. The number of unbranched alkanes of at least 4 members (excludes halogenated alkanes) is 1. The minimum atomic E-state index is -1.56. The van der Waals surface area contributed by atoms with Crippen molar-refractivity contribution in [3.63, 3.8) is 0 Å². The topological polar surface area (TPSA) is 164 Å². The predicted molar refractivity (Wildman–Crippen MR) is 149 cm³/mol. The maximum Gasteiger partial charge on any atom is 0.410 e. The first-order chi connectivity index (χ1) is 18.2. The van der Waals surface area contributed by atoms with Crippen LogP contribution in [0.4, 0.5) is 14.4 Å². The van der Waals surface area contributed by atoms with E-state index >= 15 is 0 Å². The number of carbonyl (C=O) groups is 5. The molecule has 0 saturated heterocycles. The lowest BCUT2D eigenvalue weighted by atomic mass is 10.2. The van der Waals surface area contributed by atoms with E-state index in [0.717, 1.165) is 0 Å². The highest BCUT2D eigenvalue weighted by Gasteiger charge is 2.24. The van der Waals surface area contributed by atoms with E-state index in [2.05, 4.69) is 10.6 Å². The van der Waals surface area contributed by atoms with Crippen LogP contribution < -0.4 is 10.6 Å². The van der Waals surface area contributed by atoms with Gasteiger partial charge in [-0.15, -0.1) is 0 Å². The Bertz CT molecular complexity index is 842. The Labute approximate surface area is 238 Å². The normalized spacial score (nSPS) is 11.7. The van der Waals surface area contributed by atoms with Gasteiger partial charge in [0.05, 0.1) is 0 Å². The maximum atomic E-state index is 12.7. The highest BCUT2D eigenvalue weighted by Crippen LogP contribution is 2.12. The van der Waals surface area contributed by atoms with Crippen LogP contribution in [0.5, 0.6) is 0 Å². The van der Waals surface area contributed by atoms with E-state index < -0.39 is 47.0 Å². The molecule has 13 nitrogen and oxygen atoms in total. The summed E-state index contributed by atoms with van der Waals surface area (Å²) in [5.74, 6) is -2.59. The van der Waals surface area contributed by atoms with Gasteiger partial charge in [-0.2, -0.15) is 0 Å². The van der Waals surface area contributed by atoms with Crippen molar-refractivity contribution < 1.29 is 43.3 Å². The van der Waals surface area contributed by atoms with Crippen LogP contribution in [0.1, 0.15) is 88.0 Å². The van der Waals surface area contributed by atoms with Gasteiger partial charge in [0, 0.05) is 39.3 Å². The molecule has 3 N–H and O–H groups in total. The molecule has 232 valence electrons. The van der Waals surface area contributed by atoms with Gasteiger partial charge in [-0.05, 0) is 88.0 Å². The van der Waals surface area contributed by atoms with Crippen molar-refractivity contribution in [1.29, 1.82) is 0 Å². The summed E-state index contributed by atoms with van der Waals surface area (Å²) in [4.78, 5) is 62.5. The Hall–Kier alpha value is -3.25. The van der Waals surface area contributed by atoms with Crippen LogP contribution >= 0.6 is 0 Å². The fourth-order valence-electron chi connectivity index (χ4n) is 3.23. The van der Waals surface area contributed by atoms with Gasteiger partial charge in [0.25, 0.3) is 0 Å². The van der Waals surface area contributed by atoms with Crippen LogP contribution in [0.25, 0.3) is 0 Å². The van der Waals surface area contributed by atoms with Crippen molar-refractivity contribution >= 4 is 30.2 Å². The van der Waals surface area contributed by atoms with Crippen molar-refractivity contribution in [1.82, 2.24) is 20.4 Å². The largest absolute Gasteiger partial charge is 0.474 e. The third kappa shape index (κ3) is 19.8. The van der Waals surface area contributed by atoms with Gasteiger partial charge in [-0.25, -0.2) is 19.2 Å². The van der Waals surface area contributed by atoms with E-state index in [1.165, 1.54) is 9.80 Å². The molecule has 0 bridgehead atoms. The highest BCUT2D eigenvalue weighted by molar-refractivity contribution is 6.31. The molecule has 4 amide bonds. The van der Waals surface area contributed by atoms with Gasteiger partial charge in [0.1, 0.15) is 16.8 Å². The molecule has 0 aliphatic rings. The molecular formula is C27H50N4O9. The number of rotatable bonds is 13. The second-order valence-corrected chi connectivity index (χ2v) is 12.3. The van der Waals surface area contributed by atoms with Crippen molar-refractivity contribution in [3.05, 3.63) is 0 Å². The third-order valence-electron chi connectivity index (χ3n) is 4.77. The number of aliphatic carboxylic acids is 1. The molecule has 0 aromatic heterocycles. The van der Waals surface area contributed by atoms with E-state index in [9.17, 15) is 29.1 Å². The lowest BCUT2D eigenvalue weighted by Gasteiger charge is -2.28. The first-order valence-electron chi connectivity index (χ1n) is 13.6. The summed E-state index contributed by atoms with van der Waals surface area (Å²) in [5.41, 5.74) is -1.95. The molecule has 0 unspecified atom stereocenters. The number of carboxylic acid groups (broad SMARTS) is 1. The first kappa shape index (κ1) is 36.8. The van der Waals surface area contributed by atoms with Gasteiger partial charge in [0.2, 0.25) is 0 Å². The molecule has 0 atom stereocenters. The van der Waals surface area contributed by atoms with Gasteiger partial charge < -0.3 is 39.8 Å². The average Bonchev–Trinajstić information content (AvgIpc) is 2.74. The second-order valence-electron chi connectivity index (χ2n) is 12.3. The summed E-state index contributed by atoms with van der Waals surface area (Å²) < 4.78 is 15.9. The number of alkyl carbamates (subject to hydrolysis) is 2. The van der Waals surface area contributed by atoms with Gasteiger partial charge in [-0.1, -0.05) is 0 Å². The number of amides is 4. The zero-order chi connectivity index (χ0) is 31.1. The predicted octanol–water partition coefficient (Wildman–Crippen LogP) is 3.75. The molecule has 0 heterocycles. The number of hydrogen-bond donors (Lipinski definition) is 3. The monoisotopic (exact) mass is 574 g/mol. The summed E-state index contributed by atoms with van der Waals surface area (Å²) in [6, 6.07) is 0. The van der Waals surface area contributed by atoms with Crippen molar-refractivity contribution in [3.8, 4) is 0 Å². The third-order valence-corrected chi connectivity index (χ3v) is 4.77. The summed E-state index contributed by atoms with van der Waals surface area (Å²) >= 11 is 0. The van der Waals surface area contributed by atoms with Crippen LogP contribution in [0.3, 0.4) is 0 Å². The molecule has 0 fully saturated rings. The number of carbonyl (C=O) groups excluding carboxylic acids is 4. The van der Waals surface area contributed by atoms with Gasteiger partial charge in [0.15, 0.2) is 0 Å². The Morgan fingerprint density at radius 1 is 0.575 bits per heavy atom. The standard InChI is InChI=1S/C27H50N4O9/c1-25(2,3)38-22(35)28-14-12-18-30(20(32)21(33)34)16-10-11-17-31(24(37)40-27(7,8)9)19-13-15-29-23(36)39-26(4,5)6/h10-19H2,1-9H3,(H,28,35)(H,29,36)(H,33,34). The van der Waals surface area contributed by atoms with Crippen LogP contribution in [0, 0.1) is 0 Å². The van der Waals surface area contributed by atoms with Crippen LogP contribution in [0.15, 0.2) is 0 Å². The van der Waals surface area contributed by atoms with E-state index in [4.69, 9.17) is 14.2 Å². The molecule has 0 saturated carbocycles. The fourth-order valence-corrected chi connectivity index (χ4v) is 3.23. The van der Waals surface area contributed by atoms with E-state index in [1.807, 2.05) is 0 Å². The molecule has 0 aromatic carbocycles. The first-order valence-corrected chi connectivity index (χ1v) is 13.6. The van der Waals surface area contributed by atoms with E-state index in [1.54, 1.807) is 62.3 Å². The lowest BCUT2D eigenvalue weighted by Crippen LogP contribution is -2.41. The second kappa shape index (κ2) is 16.8. The van der Waals surface area contributed by atoms with Crippen LogP contribution in [-0.4, -0.2) is 101 Å². The number of hydrogen-bond acceptors (Lipinski definition) is 8. The average molecular weight is 575 g/mol. The van der Waals surface area contributed by atoms with Gasteiger partial charge in [-0.3, -0.25) is 4.79 Å². The quantitative estimate of drug-likeness (QED) is 0.169. The molecule has 13 heteroatoms. The van der Waals surface area contributed by atoms with Gasteiger partial charge >= 0.3 is 30.2 Å². The van der Waals surface area contributed by atoms with E-state index in [0.29, 0.717) is 45.3 Å². The van der Waals surface area contributed by atoms with Crippen LogP contribution in [0.2, 0.25) is 0 Å². The minimum Gasteiger partial charge on any atom is -0.474 e. The summed E-state index contributed by atoms with van der Waals surface area (Å²) in [5, 5.41) is 14.4. The molecule has 0 aromatic rings. The lowest BCUT2D eigenvalue weighted by molar-refractivity contribution is -0.156. The smallest absolute Gasteiger partial charge is 0.410 e. The highest BCUT2D eigenvalue weighted by atomic mass is 16.6. The molecule has 0 aliphatic heterocycles. The SMILES string of the molecule is CC(C)(C)OC(=O)NCCCN(CCCCN(CCCNC(=O)OC(C)(C)C)C(=O)C(=O)O)C(=O)OC(C)(C)C. The fraction of sp³-hybridized carbons (Fsp3) is 0.815. The number of carboxylic acids is 1. The zero-order valence-electron chi connectivity index (χ0n) is 25.7. The molecular weight excluding hydrogens is 524 g/mol. The Kier molecular flexibility index (Phi) is 15.4. The van der Waals surface area contributed by atoms with E-state index in [-0.39, 0.29) is 19.6 Å². The molecule has 0 spiro atoms. The summed E-state index contributed by atoms with van der Waals surface area (Å²) in [6.07, 6.45) is 0.0933. The summed E-state index contributed by atoms with van der Waals surface area (Å²) in [6.45, 7) is 17.3. The Morgan fingerprint density at radius 2 is 0.925 bits per heavy atom. The van der Waals surface area contributed by atoms with Crippen molar-refractivity contribution in [2.24, 2.45) is 0 Å². The van der Waals surface area contributed by atoms with Crippen molar-refractivity contribution in [2.45, 2.75) is 105 Å². The molecule has 40 heavy (non-hydrogen) atoms. The summed E-state index contributed by atoms with van der Waals surface area (Å²) in [7, 11) is 0. The Morgan fingerprint density at radius 3 is 1.30 bits per heavy atom. The van der Waals surface area contributed by atoms with Crippen LogP contribution in [-0.2, 0) is 23.8 Å². The number of ether oxygens (including phenoxy) is 3. The van der Waals surface area contributed by atoms with Crippen molar-refractivity contribution in [2.75, 3.05) is 39.3 Å². The number of nitrogens with one attached hydrogen (secondary N) is 2. The molecule has 0 aliphatic carbocycles. The molecule has 0 radical (unpaired) electrons. The molecule has 0 rings (SSSR count). The zero-order valence-corrected chi connectivity index (χ0v) is 25.7. The maximum absolute atomic E-state index is 12.7. The number of nitrogens with zero attached hydrogens (tertiary/aromatic N) is 2.